The molecule has 2 rings (SSSR count). The van der Waals surface area contributed by atoms with Crippen molar-refractivity contribution in [3.05, 3.63) is 28.8 Å². The average Bonchev–Trinajstić information content (AvgIpc) is 2.86. The predicted octanol–water partition coefficient (Wildman–Crippen LogP) is 3.47. The third-order valence-electron chi connectivity index (χ3n) is 3.46. The third kappa shape index (κ3) is 3.87. The molecule has 0 unspecified atom stereocenters. The molecule has 0 spiro atoms. The van der Waals surface area contributed by atoms with Gasteiger partial charge >= 0.3 is 0 Å². The van der Waals surface area contributed by atoms with Crippen LogP contribution in [0.5, 0.6) is 5.75 Å². The fourth-order valence-corrected chi connectivity index (χ4v) is 2.50. The number of hydrogen-bond acceptors (Lipinski definition) is 2. The number of hydrogen-bond donors (Lipinski definition) is 1. The van der Waals surface area contributed by atoms with E-state index in [0.717, 1.165) is 18.4 Å². The summed E-state index contributed by atoms with van der Waals surface area (Å²) in [5, 5.41) is 3.56. The van der Waals surface area contributed by atoms with E-state index in [1.807, 2.05) is 19.1 Å². The fraction of sp³-hybridized carbons (Fsp3) is 0.533. The summed E-state index contributed by atoms with van der Waals surface area (Å²) >= 11 is 6.06. The van der Waals surface area contributed by atoms with Crippen LogP contribution in [-0.2, 0) is 4.79 Å². The molecule has 1 saturated carbocycles. The highest BCUT2D eigenvalue weighted by molar-refractivity contribution is 6.32. The molecule has 3 nitrogen and oxygen atoms in total. The van der Waals surface area contributed by atoms with E-state index in [2.05, 4.69) is 5.32 Å². The van der Waals surface area contributed by atoms with Crippen molar-refractivity contribution in [3.8, 4) is 5.75 Å². The Hall–Kier alpha value is -1.22. The summed E-state index contributed by atoms with van der Waals surface area (Å²) in [5.74, 6) is 0.500. The molecule has 104 valence electrons. The molecule has 1 fully saturated rings. The van der Waals surface area contributed by atoms with Gasteiger partial charge in [-0.2, -0.15) is 0 Å². The predicted molar refractivity (Wildman–Crippen MR) is 76.7 cm³/mol. The summed E-state index contributed by atoms with van der Waals surface area (Å²) in [7, 11) is 0. The molecule has 0 heterocycles. The Balaban J connectivity index is 1.93. The molecule has 0 aliphatic heterocycles. The minimum Gasteiger partial charge on any atom is -0.479 e. The van der Waals surface area contributed by atoms with E-state index in [9.17, 15) is 4.79 Å². The van der Waals surface area contributed by atoms with Gasteiger partial charge in [-0.05, 0) is 44.4 Å². The number of ether oxygens (including phenoxy) is 1. The Kier molecular flexibility index (Phi) is 4.70. The second-order valence-electron chi connectivity index (χ2n) is 5.18. The number of amides is 1. The molecule has 1 N–H and O–H groups in total. The summed E-state index contributed by atoms with van der Waals surface area (Å²) in [4.78, 5) is 12.0. The average molecular weight is 282 g/mol. The van der Waals surface area contributed by atoms with Crippen molar-refractivity contribution in [2.24, 2.45) is 0 Å². The summed E-state index contributed by atoms with van der Waals surface area (Å²) in [6, 6.07) is 5.86. The van der Waals surface area contributed by atoms with E-state index in [1.54, 1.807) is 13.0 Å². The third-order valence-corrected chi connectivity index (χ3v) is 3.77. The SMILES string of the molecule is Cc1ccc(Cl)c(O[C@H](C)C(=O)NC2CCCC2)c1. The smallest absolute Gasteiger partial charge is 0.260 e. The van der Waals surface area contributed by atoms with Crippen LogP contribution in [0.2, 0.25) is 5.02 Å². The van der Waals surface area contributed by atoms with Gasteiger partial charge in [0.1, 0.15) is 5.75 Å². The monoisotopic (exact) mass is 281 g/mol. The summed E-state index contributed by atoms with van der Waals surface area (Å²) in [6.45, 7) is 3.72. The van der Waals surface area contributed by atoms with Gasteiger partial charge in [0, 0.05) is 6.04 Å². The molecule has 1 aromatic carbocycles. The van der Waals surface area contributed by atoms with E-state index >= 15 is 0 Å². The second kappa shape index (κ2) is 6.29. The number of nitrogens with one attached hydrogen (secondary N) is 1. The van der Waals surface area contributed by atoms with Crippen molar-refractivity contribution in [2.45, 2.75) is 51.7 Å². The van der Waals surface area contributed by atoms with Gasteiger partial charge in [-0.15, -0.1) is 0 Å². The van der Waals surface area contributed by atoms with E-state index in [-0.39, 0.29) is 5.91 Å². The molecular formula is C15H20ClNO2. The van der Waals surface area contributed by atoms with E-state index in [4.69, 9.17) is 16.3 Å². The first kappa shape index (κ1) is 14.2. The highest BCUT2D eigenvalue weighted by Crippen LogP contribution is 2.26. The van der Waals surface area contributed by atoms with Crippen LogP contribution in [0.1, 0.15) is 38.2 Å². The lowest BCUT2D eigenvalue weighted by molar-refractivity contribution is -0.127. The lowest BCUT2D eigenvalue weighted by atomic mass is 10.2. The first-order valence-electron chi connectivity index (χ1n) is 6.79. The standard InChI is InChI=1S/C15H20ClNO2/c1-10-7-8-13(16)14(9-10)19-11(2)15(18)17-12-5-3-4-6-12/h7-9,11-12H,3-6H2,1-2H3,(H,17,18)/t11-/m1/s1. The molecule has 0 radical (unpaired) electrons. The van der Waals surface area contributed by atoms with E-state index < -0.39 is 6.10 Å². The molecule has 1 amide bonds. The van der Waals surface area contributed by atoms with Crippen molar-refractivity contribution in [2.75, 3.05) is 0 Å². The molecule has 1 atom stereocenters. The van der Waals surface area contributed by atoms with E-state index in [1.165, 1.54) is 12.8 Å². The van der Waals surface area contributed by atoms with Gasteiger partial charge in [0.25, 0.3) is 5.91 Å². The van der Waals surface area contributed by atoms with Gasteiger partial charge < -0.3 is 10.1 Å². The summed E-state index contributed by atoms with van der Waals surface area (Å²) in [5.41, 5.74) is 1.06. The Labute approximate surface area is 119 Å². The molecule has 4 heteroatoms. The topological polar surface area (TPSA) is 38.3 Å². The van der Waals surface area contributed by atoms with Crippen molar-refractivity contribution in [1.29, 1.82) is 0 Å². The molecular weight excluding hydrogens is 262 g/mol. The molecule has 0 saturated heterocycles. The van der Waals surface area contributed by atoms with Gasteiger partial charge in [0.15, 0.2) is 6.10 Å². The minimum atomic E-state index is -0.528. The van der Waals surface area contributed by atoms with Crippen LogP contribution in [-0.4, -0.2) is 18.1 Å². The van der Waals surface area contributed by atoms with Gasteiger partial charge in [-0.3, -0.25) is 4.79 Å². The molecule has 1 aliphatic rings. The van der Waals surface area contributed by atoms with Gasteiger partial charge in [-0.1, -0.05) is 30.5 Å². The lowest BCUT2D eigenvalue weighted by Crippen LogP contribution is -2.41. The van der Waals surface area contributed by atoms with Crippen LogP contribution < -0.4 is 10.1 Å². The first-order chi connectivity index (χ1) is 9.06. The zero-order valence-corrected chi connectivity index (χ0v) is 12.2. The van der Waals surface area contributed by atoms with Gasteiger partial charge in [0.05, 0.1) is 5.02 Å². The minimum absolute atomic E-state index is 0.0653. The Bertz CT molecular complexity index is 455. The van der Waals surface area contributed by atoms with Crippen molar-refractivity contribution in [3.63, 3.8) is 0 Å². The molecule has 0 bridgehead atoms. The Morgan fingerprint density at radius 3 is 2.79 bits per heavy atom. The van der Waals surface area contributed by atoms with Crippen LogP contribution in [0.15, 0.2) is 18.2 Å². The maximum Gasteiger partial charge on any atom is 0.260 e. The zero-order chi connectivity index (χ0) is 13.8. The maximum atomic E-state index is 12.0. The molecule has 0 aromatic heterocycles. The number of carbonyl (C=O) groups excluding carboxylic acids is 1. The second-order valence-corrected chi connectivity index (χ2v) is 5.59. The molecule has 1 aromatic rings. The highest BCUT2D eigenvalue weighted by Gasteiger charge is 2.22. The zero-order valence-electron chi connectivity index (χ0n) is 11.4. The highest BCUT2D eigenvalue weighted by atomic mass is 35.5. The Morgan fingerprint density at radius 2 is 2.11 bits per heavy atom. The van der Waals surface area contributed by atoms with Crippen molar-refractivity contribution < 1.29 is 9.53 Å². The lowest BCUT2D eigenvalue weighted by Gasteiger charge is -2.18. The summed E-state index contributed by atoms with van der Waals surface area (Å²) < 4.78 is 5.65. The van der Waals surface area contributed by atoms with Crippen LogP contribution in [0, 0.1) is 6.92 Å². The quantitative estimate of drug-likeness (QED) is 0.918. The normalized spacial score (nSPS) is 17.2. The van der Waals surface area contributed by atoms with Crippen molar-refractivity contribution in [1.82, 2.24) is 5.32 Å². The first-order valence-corrected chi connectivity index (χ1v) is 7.17. The molecule has 19 heavy (non-hydrogen) atoms. The Morgan fingerprint density at radius 1 is 1.42 bits per heavy atom. The van der Waals surface area contributed by atoms with Crippen LogP contribution in [0.4, 0.5) is 0 Å². The van der Waals surface area contributed by atoms with Gasteiger partial charge in [0.2, 0.25) is 0 Å². The maximum absolute atomic E-state index is 12.0. The number of halogens is 1. The van der Waals surface area contributed by atoms with E-state index in [0.29, 0.717) is 16.8 Å². The summed E-state index contributed by atoms with van der Waals surface area (Å²) in [6.07, 6.45) is 4.01. The number of rotatable bonds is 4. The number of aryl methyl sites for hydroxylation is 1. The van der Waals surface area contributed by atoms with Crippen LogP contribution in [0.3, 0.4) is 0 Å². The van der Waals surface area contributed by atoms with Crippen LogP contribution >= 0.6 is 11.6 Å². The number of carbonyl (C=O) groups is 1. The molecule has 1 aliphatic carbocycles. The van der Waals surface area contributed by atoms with Crippen molar-refractivity contribution >= 4 is 17.5 Å². The largest absolute Gasteiger partial charge is 0.479 e. The fourth-order valence-electron chi connectivity index (χ4n) is 2.33. The van der Waals surface area contributed by atoms with Gasteiger partial charge in [-0.25, -0.2) is 0 Å². The number of benzene rings is 1. The van der Waals surface area contributed by atoms with Crippen LogP contribution in [0.25, 0.3) is 0 Å².